The Bertz CT molecular complexity index is 476. The standard InChI is InChI=1S/C12H13F3N2/c1-11(2,3)9-5-8(17)4-7(6-16)10(9)12(13,14)15/h4-5H,17H2,1-3H3. The van der Waals surface area contributed by atoms with Crippen LogP contribution in [0.5, 0.6) is 0 Å². The van der Waals surface area contributed by atoms with E-state index < -0.39 is 22.7 Å². The average molecular weight is 242 g/mol. The van der Waals surface area contributed by atoms with E-state index in [-0.39, 0.29) is 11.3 Å². The van der Waals surface area contributed by atoms with Crippen LogP contribution < -0.4 is 5.73 Å². The molecule has 1 aromatic rings. The first-order valence-electron chi connectivity index (χ1n) is 4.98. The SMILES string of the molecule is CC(C)(C)c1cc(N)cc(C#N)c1C(F)(F)F. The number of nitriles is 1. The number of nitrogen functional groups attached to an aromatic ring is 1. The molecule has 0 spiro atoms. The molecule has 0 unspecified atom stereocenters. The third kappa shape index (κ3) is 2.70. The first-order valence-corrected chi connectivity index (χ1v) is 4.98. The quantitative estimate of drug-likeness (QED) is 0.708. The zero-order valence-electron chi connectivity index (χ0n) is 9.81. The van der Waals surface area contributed by atoms with E-state index in [4.69, 9.17) is 11.0 Å². The van der Waals surface area contributed by atoms with E-state index in [0.29, 0.717) is 0 Å². The number of hydrogen-bond acceptors (Lipinski definition) is 2. The number of halogens is 3. The molecule has 0 aliphatic heterocycles. The van der Waals surface area contributed by atoms with Gasteiger partial charge < -0.3 is 5.73 Å². The van der Waals surface area contributed by atoms with E-state index in [1.54, 1.807) is 26.8 Å². The second-order valence-electron chi connectivity index (χ2n) is 4.85. The van der Waals surface area contributed by atoms with E-state index in [9.17, 15) is 13.2 Å². The summed E-state index contributed by atoms with van der Waals surface area (Å²) in [5.74, 6) is 0. The molecule has 0 amide bonds. The van der Waals surface area contributed by atoms with Crippen molar-refractivity contribution in [2.24, 2.45) is 0 Å². The summed E-state index contributed by atoms with van der Waals surface area (Å²) in [5.41, 5.74) is 3.69. The Morgan fingerprint density at radius 2 is 1.71 bits per heavy atom. The van der Waals surface area contributed by atoms with Gasteiger partial charge in [0.2, 0.25) is 0 Å². The van der Waals surface area contributed by atoms with Crippen LogP contribution in [0.3, 0.4) is 0 Å². The van der Waals surface area contributed by atoms with E-state index in [0.717, 1.165) is 6.07 Å². The maximum Gasteiger partial charge on any atom is 0.417 e. The fourth-order valence-corrected chi connectivity index (χ4v) is 1.65. The van der Waals surface area contributed by atoms with Crippen molar-refractivity contribution >= 4 is 5.69 Å². The van der Waals surface area contributed by atoms with Gasteiger partial charge in [0.05, 0.1) is 17.2 Å². The highest BCUT2D eigenvalue weighted by atomic mass is 19.4. The predicted octanol–water partition coefficient (Wildman–Crippen LogP) is 3.46. The van der Waals surface area contributed by atoms with Gasteiger partial charge in [0.25, 0.3) is 0 Å². The lowest BCUT2D eigenvalue weighted by Crippen LogP contribution is -2.21. The van der Waals surface area contributed by atoms with Crippen LogP contribution in [0.2, 0.25) is 0 Å². The first-order chi connectivity index (χ1) is 7.57. The highest BCUT2D eigenvalue weighted by molar-refractivity contribution is 5.56. The summed E-state index contributed by atoms with van der Waals surface area (Å²) >= 11 is 0. The summed E-state index contributed by atoms with van der Waals surface area (Å²) in [4.78, 5) is 0. The molecule has 0 radical (unpaired) electrons. The maximum atomic E-state index is 13.0. The van der Waals surface area contributed by atoms with Crippen LogP contribution in [0.25, 0.3) is 0 Å². The van der Waals surface area contributed by atoms with Crippen LogP contribution in [0.4, 0.5) is 18.9 Å². The molecule has 0 aliphatic rings. The Morgan fingerprint density at radius 3 is 2.06 bits per heavy atom. The van der Waals surface area contributed by atoms with Crippen LogP contribution in [0.15, 0.2) is 12.1 Å². The summed E-state index contributed by atoms with van der Waals surface area (Å²) in [6, 6.07) is 3.89. The number of hydrogen-bond donors (Lipinski definition) is 1. The molecular weight excluding hydrogens is 229 g/mol. The summed E-state index contributed by atoms with van der Waals surface area (Å²) in [5, 5.41) is 8.79. The molecule has 1 rings (SSSR count). The van der Waals surface area contributed by atoms with Crippen molar-refractivity contribution in [3.63, 3.8) is 0 Å². The second kappa shape index (κ2) is 3.95. The molecule has 92 valence electrons. The van der Waals surface area contributed by atoms with Gasteiger partial charge in [-0.15, -0.1) is 0 Å². The van der Waals surface area contributed by atoms with Crippen LogP contribution in [0.1, 0.15) is 37.5 Å². The van der Waals surface area contributed by atoms with Crippen LogP contribution in [-0.4, -0.2) is 0 Å². The Hall–Kier alpha value is -1.70. The van der Waals surface area contributed by atoms with Crippen molar-refractivity contribution in [3.05, 3.63) is 28.8 Å². The molecule has 0 atom stereocenters. The highest BCUT2D eigenvalue weighted by Crippen LogP contribution is 2.40. The van der Waals surface area contributed by atoms with Crippen molar-refractivity contribution in [1.82, 2.24) is 0 Å². The third-order valence-corrected chi connectivity index (χ3v) is 2.37. The van der Waals surface area contributed by atoms with Crippen LogP contribution in [-0.2, 0) is 11.6 Å². The Morgan fingerprint density at radius 1 is 1.18 bits per heavy atom. The van der Waals surface area contributed by atoms with Gasteiger partial charge in [0, 0.05) is 5.69 Å². The van der Waals surface area contributed by atoms with E-state index in [2.05, 4.69) is 0 Å². The number of anilines is 1. The molecule has 0 aromatic heterocycles. The first kappa shape index (κ1) is 13.4. The minimum Gasteiger partial charge on any atom is -0.399 e. The minimum atomic E-state index is -4.55. The zero-order chi connectivity index (χ0) is 13.4. The largest absolute Gasteiger partial charge is 0.417 e. The number of nitrogens with two attached hydrogens (primary N) is 1. The van der Waals surface area contributed by atoms with E-state index in [1.807, 2.05) is 0 Å². The smallest absolute Gasteiger partial charge is 0.399 e. The van der Waals surface area contributed by atoms with Crippen LogP contribution in [0, 0.1) is 11.3 Å². The summed E-state index contributed by atoms with van der Waals surface area (Å²) < 4.78 is 38.9. The Kier molecular flexibility index (Phi) is 3.11. The molecule has 0 heterocycles. The minimum absolute atomic E-state index is 0.0431. The fourth-order valence-electron chi connectivity index (χ4n) is 1.65. The average Bonchev–Trinajstić information content (AvgIpc) is 2.12. The van der Waals surface area contributed by atoms with Gasteiger partial charge in [0.15, 0.2) is 0 Å². The monoisotopic (exact) mass is 242 g/mol. The lowest BCUT2D eigenvalue weighted by molar-refractivity contribution is -0.138. The number of rotatable bonds is 0. The van der Waals surface area contributed by atoms with Gasteiger partial charge in [-0.2, -0.15) is 18.4 Å². The van der Waals surface area contributed by atoms with Crippen molar-refractivity contribution in [1.29, 1.82) is 5.26 Å². The maximum absolute atomic E-state index is 13.0. The summed E-state index contributed by atoms with van der Waals surface area (Å²) in [6.07, 6.45) is -4.55. The van der Waals surface area contributed by atoms with Crippen molar-refractivity contribution < 1.29 is 13.2 Å². The Labute approximate surface area is 97.9 Å². The third-order valence-electron chi connectivity index (χ3n) is 2.37. The lowest BCUT2D eigenvalue weighted by atomic mass is 9.81. The summed E-state index contributed by atoms with van der Waals surface area (Å²) in [6.45, 7) is 4.95. The lowest BCUT2D eigenvalue weighted by Gasteiger charge is -2.25. The number of benzene rings is 1. The predicted molar refractivity (Wildman–Crippen MR) is 59.3 cm³/mol. The number of nitrogens with zero attached hydrogens (tertiary/aromatic N) is 1. The molecule has 0 saturated heterocycles. The molecule has 0 fully saturated rings. The topological polar surface area (TPSA) is 49.8 Å². The van der Waals surface area contributed by atoms with Gasteiger partial charge in [-0.1, -0.05) is 20.8 Å². The second-order valence-corrected chi connectivity index (χ2v) is 4.85. The molecule has 17 heavy (non-hydrogen) atoms. The fraction of sp³-hybridized carbons (Fsp3) is 0.417. The highest BCUT2D eigenvalue weighted by Gasteiger charge is 2.39. The zero-order valence-corrected chi connectivity index (χ0v) is 9.81. The molecule has 2 N–H and O–H groups in total. The molecule has 0 bridgehead atoms. The van der Waals surface area contributed by atoms with Crippen molar-refractivity contribution in [2.45, 2.75) is 32.4 Å². The number of alkyl halides is 3. The van der Waals surface area contributed by atoms with Gasteiger partial charge >= 0.3 is 6.18 Å². The Balaban J connectivity index is 3.71. The summed E-state index contributed by atoms with van der Waals surface area (Å²) in [7, 11) is 0. The van der Waals surface area contributed by atoms with Gasteiger partial charge in [-0.25, -0.2) is 0 Å². The molecule has 0 aliphatic carbocycles. The van der Waals surface area contributed by atoms with Crippen molar-refractivity contribution in [3.8, 4) is 6.07 Å². The van der Waals surface area contributed by atoms with E-state index in [1.165, 1.54) is 6.07 Å². The van der Waals surface area contributed by atoms with E-state index >= 15 is 0 Å². The van der Waals surface area contributed by atoms with Gasteiger partial charge in [0.1, 0.15) is 0 Å². The van der Waals surface area contributed by atoms with Gasteiger partial charge in [-0.05, 0) is 23.1 Å². The van der Waals surface area contributed by atoms with Gasteiger partial charge in [-0.3, -0.25) is 0 Å². The molecule has 0 saturated carbocycles. The molecule has 1 aromatic carbocycles. The molecular formula is C12H13F3N2. The normalized spacial score (nSPS) is 12.3. The van der Waals surface area contributed by atoms with Crippen molar-refractivity contribution in [2.75, 3.05) is 5.73 Å². The molecule has 2 nitrogen and oxygen atoms in total. The van der Waals surface area contributed by atoms with Crippen LogP contribution >= 0.6 is 0 Å². The molecule has 5 heteroatoms.